The Hall–Kier alpha value is -2.95. The van der Waals surface area contributed by atoms with E-state index in [2.05, 4.69) is 0 Å². The average Bonchev–Trinajstić information content (AvgIpc) is 3.17. The molecule has 134 valence electrons. The van der Waals surface area contributed by atoms with Crippen molar-refractivity contribution < 1.29 is 19.5 Å². The minimum atomic E-state index is -0.866. The smallest absolute Gasteiger partial charge is 0.308 e. The predicted octanol–water partition coefficient (Wildman–Crippen LogP) is 3.25. The summed E-state index contributed by atoms with van der Waals surface area (Å²) < 4.78 is 0. The monoisotopic (exact) mass is 351 g/mol. The summed E-state index contributed by atoms with van der Waals surface area (Å²) in [4.78, 5) is 37.0. The summed E-state index contributed by atoms with van der Waals surface area (Å²) in [7, 11) is 0. The molecule has 2 aromatic rings. The van der Waals surface area contributed by atoms with E-state index < -0.39 is 11.9 Å². The molecule has 3 rings (SSSR count). The van der Waals surface area contributed by atoms with Crippen molar-refractivity contribution >= 4 is 17.7 Å². The van der Waals surface area contributed by atoms with E-state index in [4.69, 9.17) is 5.11 Å². The molecule has 1 saturated heterocycles. The lowest BCUT2D eigenvalue weighted by atomic mass is 10.0. The zero-order valence-corrected chi connectivity index (χ0v) is 14.4. The van der Waals surface area contributed by atoms with Crippen LogP contribution in [0.15, 0.2) is 54.6 Å². The Morgan fingerprint density at radius 1 is 0.923 bits per heavy atom. The van der Waals surface area contributed by atoms with Gasteiger partial charge in [-0.3, -0.25) is 14.4 Å². The summed E-state index contributed by atoms with van der Waals surface area (Å²) in [6.45, 7) is 0.698. The first-order valence-electron chi connectivity index (χ1n) is 8.74. The van der Waals surface area contributed by atoms with E-state index in [1.54, 1.807) is 17.0 Å². The maximum Gasteiger partial charge on any atom is 0.308 e. The van der Waals surface area contributed by atoms with Gasteiger partial charge in [0.2, 0.25) is 5.91 Å². The second-order valence-electron chi connectivity index (χ2n) is 6.53. The van der Waals surface area contributed by atoms with Crippen LogP contribution >= 0.6 is 0 Å². The molecule has 1 aliphatic heterocycles. The van der Waals surface area contributed by atoms with Gasteiger partial charge in [0.05, 0.1) is 5.92 Å². The minimum absolute atomic E-state index is 0.0769. The number of benzene rings is 2. The number of carbonyl (C=O) groups is 3. The minimum Gasteiger partial charge on any atom is -0.481 e. The van der Waals surface area contributed by atoms with Crippen molar-refractivity contribution in [1.82, 2.24) is 4.90 Å². The molecule has 26 heavy (non-hydrogen) atoms. The molecule has 0 aromatic heterocycles. The summed E-state index contributed by atoms with van der Waals surface area (Å²) in [5.74, 6) is -1.58. The van der Waals surface area contributed by atoms with Crippen LogP contribution in [0.5, 0.6) is 0 Å². The number of Topliss-reactive ketones (excluding diaryl/α,β-unsaturated/α-hetero) is 1. The Morgan fingerprint density at radius 2 is 1.58 bits per heavy atom. The molecule has 1 unspecified atom stereocenters. The third-order valence-electron chi connectivity index (χ3n) is 4.77. The predicted molar refractivity (Wildman–Crippen MR) is 97.8 cm³/mol. The quantitative estimate of drug-likeness (QED) is 0.811. The molecule has 5 heteroatoms. The number of amides is 1. The highest BCUT2D eigenvalue weighted by atomic mass is 16.4. The number of likely N-dealkylation sites (tertiary alicyclic amines) is 1. The fraction of sp³-hybridized carbons (Fsp3) is 0.286. The highest BCUT2D eigenvalue weighted by molar-refractivity contribution is 5.98. The number of aliphatic carboxylic acids is 1. The SMILES string of the molecule is O=C(CCC(=O)N1CCC(C(=O)O)C1)c1ccc(-c2ccccc2)cc1. The molecule has 1 N–H and O–H groups in total. The first-order chi connectivity index (χ1) is 12.5. The van der Waals surface area contributed by atoms with Gasteiger partial charge in [0.25, 0.3) is 0 Å². The van der Waals surface area contributed by atoms with Gasteiger partial charge in [0.15, 0.2) is 5.78 Å². The van der Waals surface area contributed by atoms with Crippen molar-refractivity contribution in [3.63, 3.8) is 0 Å². The molecule has 0 radical (unpaired) electrons. The van der Waals surface area contributed by atoms with Crippen LogP contribution in [0.4, 0.5) is 0 Å². The molecular formula is C21H21NO4. The van der Waals surface area contributed by atoms with E-state index in [-0.39, 0.29) is 31.1 Å². The van der Waals surface area contributed by atoms with Crippen LogP contribution in [-0.4, -0.2) is 40.8 Å². The summed E-state index contributed by atoms with van der Waals surface area (Å²) in [5, 5.41) is 8.99. The number of carboxylic acids is 1. The second-order valence-corrected chi connectivity index (χ2v) is 6.53. The van der Waals surface area contributed by atoms with Crippen molar-refractivity contribution in [3.8, 4) is 11.1 Å². The molecular weight excluding hydrogens is 330 g/mol. The first-order valence-corrected chi connectivity index (χ1v) is 8.74. The summed E-state index contributed by atoms with van der Waals surface area (Å²) in [6, 6.07) is 17.3. The Labute approximate surface area is 152 Å². The van der Waals surface area contributed by atoms with E-state index in [0.717, 1.165) is 11.1 Å². The highest BCUT2D eigenvalue weighted by Gasteiger charge is 2.30. The maximum atomic E-state index is 12.3. The molecule has 0 saturated carbocycles. The number of ketones is 1. The van der Waals surface area contributed by atoms with Crippen molar-refractivity contribution in [3.05, 3.63) is 60.2 Å². The Balaban J connectivity index is 1.54. The van der Waals surface area contributed by atoms with Gasteiger partial charge in [0, 0.05) is 31.5 Å². The maximum absolute atomic E-state index is 12.3. The van der Waals surface area contributed by atoms with E-state index in [1.807, 2.05) is 42.5 Å². The number of carboxylic acid groups (broad SMARTS) is 1. The molecule has 1 heterocycles. The number of hydrogen-bond donors (Lipinski definition) is 1. The van der Waals surface area contributed by atoms with Gasteiger partial charge in [-0.15, -0.1) is 0 Å². The number of rotatable bonds is 6. The second kappa shape index (κ2) is 7.95. The molecule has 1 fully saturated rings. The normalized spacial score (nSPS) is 16.5. The molecule has 1 atom stereocenters. The fourth-order valence-corrected chi connectivity index (χ4v) is 3.19. The summed E-state index contributed by atoms with van der Waals surface area (Å²) >= 11 is 0. The summed E-state index contributed by atoms with van der Waals surface area (Å²) in [6.07, 6.45) is 0.735. The van der Waals surface area contributed by atoms with Gasteiger partial charge in [-0.1, -0.05) is 54.6 Å². The van der Waals surface area contributed by atoms with E-state index >= 15 is 0 Å². The van der Waals surface area contributed by atoms with Crippen LogP contribution < -0.4 is 0 Å². The lowest BCUT2D eigenvalue weighted by molar-refractivity contribution is -0.141. The molecule has 0 bridgehead atoms. The van der Waals surface area contributed by atoms with Crippen molar-refractivity contribution in [2.75, 3.05) is 13.1 Å². The third kappa shape index (κ3) is 4.17. The van der Waals surface area contributed by atoms with E-state index in [9.17, 15) is 14.4 Å². The Kier molecular flexibility index (Phi) is 5.46. The van der Waals surface area contributed by atoms with Crippen molar-refractivity contribution in [2.24, 2.45) is 5.92 Å². The standard InChI is InChI=1S/C21H21NO4/c23-19(10-11-20(24)22-13-12-18(14-22)21(25)26)17-8-6-16(7-9-17)15-4-2-1-3-5-15/h1-9,18H,10-14H2,(H,25,26). The lowest BCUT2D eigenvalue weighted by Crippen LogP contribution is -2.30. The van der Waals surface area contributed by atoms with Gasteiger partial charge in [0.1, 0.15) is 0 Å². The lowest BCUT2D eigenvalue weighted by Gasteiger charge is -2.15. The Bertz CT molecular complexity index is 799. The molecule has 0 aliphatic carbocycles. The van der Waals surface area contributed by atoms with Gasteiger partial charge >= 0.3 is 5.97 Å². The number of hydrogen-bond acceptors (Lipinski definition) is 3. The fourth-order valence-electron chi connectivity index (χ4n) is 3.19. The average molecular weight is 351 g/mol. The molecule has 0 spiro atoms. The highest BCUT2D eigenvalue weighted by Crippen LogP contribution is 2.21. The van der Waals surface area contributed by atoms with E-state index in [0.29, 0.717) is 18.5 Å². The molecule has 2 aromatic carbocycles. The molecule has 1 aliphatic rings. The van der Waals surface area contributed by atoms with Crippen LogP contribution in [0.25, 0.3) is 11.1 Å². The largest absolute Gasteiger partial charge is 0.481 e. The van der Waals surface area contributed by atoms with Crippen LogP contribution in [0, 0.1) is 5.92 Å². The number of nitrogens with zero attached hydrogens (tertiary/aromatic N) is 1. The zero-order valence-electron chi connectivity index (χ0n) is 14.4. The van der Waals surface area contributed by atoms with Crippen LogP contribution in [0.3, 0.4) is 0 Å². The molecule has 5 nitrogen and oxygen atoms in total. The van der Waals surface area contributed by atoms with Gasteiger partial charge in [-0.25, -0.2) is 0 Å². The van der Waals surface area contributed by atoms with Crippen LogP contribution in [-0.2, 0) is 9.59 Å². The van der Waals surface area contributed by atoms with Crippen molar-refractivity contribution in [2.45, 2.75) is 19.3 Å². The third-order valence-corrected chi connectivity index (χ3v) is 4.77. The first kappa shape index (κ1) is 17.9. The zero-order chi connectivity index (χ0) is 18.5. The topological polar surface area (TPSA) is 74.7 Å². The van der Waals surface area contributed by atoms with Gasteiger partial charge in [-0.05, 0) is 17.5 Å². The molecule has 1 amide bonds. The number of carbonyl (C=O) groups excluding carboxylic acids is 2. The van der Waals surface area contributed by atoms with Gasteiger partial charge < -0.3 is 10.0 Å². The Morgan fingerprint density at radius 3 is 2.19 bits per heavy atom. The summed E-state index contributed by atoms with van der Waals surface area (Å²) in [5.41, 5.74) is 2.71. The van der Waals surface area contributed by atoms with Crippen LogP contribution in [0.2, 0.25) is 0 Å². The van der Waals surface area contributed by atoms with E-state index in [1.165, 1.54) is 0 Å². The van der Waals surface area contributed by atoms with Crippen LogP contribution in [0.1, 0.15) is 29.6 Å². The van der Waals surface area contributed by atoms with Gasteiger partial charge in [-0.2, -0.15) is 0 Å². The van der Waals surface area contributed by atoms with Crippen molar-refractivity contribution in [1.29, 1.82) is 0 Å².